The Kier molecular flexibility index (Phi) is 5.37. The van der Waals surface area contributed by atoms with Gasteiger partial charge < -0.3 is 15.0 Å². The van der Waals surface area contributed by atoms with E-state index in [1.807, 2.05) is 54.9 Å². The maximum Gasteiger partial charge on any atom is 0.120 e. The molecule has 0 bridgehead atoms. The summed E-state index contributed by atoms with van der Waals surface area (Å²) in [4.78, 5) is 0. The van der Waals surface area contributed by atoms with Crippen LogP contribution in [-0.4, -0.2) is 15.7 Å². The number of aliphatic hydroxyl groups is 1. The second-order valence-corrected chi connectivity index (χ2v) is 5.76. The van der Waals surface area contributed by atoms with Gasteiger partial charge in [0.05, 0.1) is 6.10 Å². The van der Waals surface area contributed by atoms with Crippen LogP contribution in [0.3, 0.4) is 0 Å². The summed E-state index contributed by atoms with van der Waals surface area (Å²) in [6.07, 6.45) is 0.191. The molecule has 0 aliphatic rings. The van der Waals surface area contributed by atoms with Gasteiger partial charge in [-0.2, -0.15) is 5.26 Å². The predicted octanol–water partition coefficient (Wildman–Crippen LogP) is 2.81. The third kappa shape index (κ3) is 3.76. The van der Waals surface area contributed by atoms with E-state index in [0.29, 0.717) is 18.7 Å². The van der Waals surface area contributed by atoms with E-state index in [2.05, 4.69) is 18.3 Å². The van der Waals surface area contributed by atoms with Crippen molar-refractivity contribution in [1.29, 1.82) is 5.26 Å². The lowest BCUT2D eigenvalue weighted by atomic mass is 10.0. The monoisotopic (exact) mass is 297 g/mol. The number of benzene rings is 1. The molecule has 0 radical (unpaired) electrons. The summed E-state index contributed by atoms with van der Waals surface area (Å²) in [7, 11) is 1.90. The summed E-state index contributed by atoms with van der Waals surface area (Å²) in [6.45, 7) is 4.78. The van der Waals surface area contributed by atoms with Crippen molar-refractivity contribution in [2.24, 2.45) is 7.05 Å². The molecule has 1 heterocycles. The van der Waals surface area contributed by atoms with Gasteiger partial charge in [-0.1, -0.05) is 30.3 Å². The van der Waals surface area contributed by atoms with E-state index in [1.165, 1.54) is 0 Å². The molecule has 2 unspecified atom stereocenters. The van der Waals surface area contributed by atoms with Crippen molar-refractivity contribution >= 4 is 0 Å². The average molecular weight is 297 g/mol. The molecule has 0 fully saturated rings. The summed E-state index contributed by atoms with van der Waals surface area (Å²) in [5.74, 6) is 0. The van der Waals surface area contributed by atoms with Crippen LogP contribution >= 0.6 is 0 Å². The van der Waals surface area contributed by atoms with Crippen LogP contribution in [0.5, 0.6) is 0 Å². The highest BCUT2D eigenvalue weighted by Gasteiger charge is 2.13. The molecule has 1 aromatic carbocycles. The number of rotatable bonds is 6. The molecule has 0 aliphatic heterocycles. The average Bonchev–Trinajstić information content (AvgIpc) is 2.81. The van der Waals surface area contributed by atoms with Crippen molar-refractivity contribution < 1.29 is 5.11 Å². The highest BCUT2D eigenvalue weighted by atomic mass is 16.3. The van der Waals surface area contributed by atoms with Crippen LogP contribution in [0.25, 0.3) is 0 Å². The summed E-state index contributed by atoms with van der Waals surface area (Å²) in [6, 6.07) is 14.0. The Labute approximate surface area is 132 Å². The van der Waals surface area contributed by atoms with Crippen molar-refractivity contribution in [2.45, 2.75) is 39.0 Å². The third-order valence-electron chi connectivity index (χ3n) is 4.16. The van der Waals surface area contributed by atoms with Gasteiger partial charge in [-0.25, -0.2) is 0 Å². The summed E-state index contributed by atoms with van der Waals surface area (Å²) >= 11 is 0. The van der Waals surface area contributed by atoms with E-state index in [0.717, 1.165) is 16.8 Å². The van der Waals surface area contributed by atoms with Gasteiger partial charge in [-0.05, 0) is 37.5 Å². The van der Waals surface area contributed by atoms with E-state index in [9.17, 15) is 5.11 Å². The Morgan fingerprint density at radius 1 is 1.32 bits per heavy atom. The Morgan fingerprint density at radius 3 is 2.59 bits per heavy atom. The summed E-state index contributed by atoms with van der Waals surface area (Å²) < 4.78 is 1.90. The maximum absolute atomic E-state index is 10.2. The fourth-order valence-electron chi connectivity index (χ4n) is 2.56. The number of nitriles is 1. The Balaban J connectivity index is 1.91. The predicted molar refractivity (Wildman–Crippen MR) is 87.2 cm³/mol. The zero-order valence-corrected chi connectivity index (χ0v) is 13.4. The minimum atomic E-state index is -0.463. The molecule has 0 saturated heterocycles. The number of nitrogens with zero attached hydrogens (tertiary/aromatic N) is 2. The molecule has 2 aromatic rings. The highest BCUT2D eigenvalue weighted by molar-refractivity contribution is 5.34. The molecule has 0 amide bonds. The van der Waals surface area contributed by atoms with Crippen molar-refractivity contribution in [3.05, 3.63) is 58.9 Å². The van der Waals surface area contributed by atoms with Gasteiger partial charge in [0.2, 0.25) is 0 Å². The van der Waals surface area contributed by atoms with Crippen LogP contribution < -0.4 is 5.32 Å². The number of hydrogen-bond donors (Lipinski definition) is 2. The summed E-state index contributed by atoms with van der Waals surface area (Å²) in [5.41, 5.74) is 3.84. The van der Waals surface area contributed by atoms with E-state index in [1.54, 1.807) is 0 Å². The topological polar surface area (TPSA) is 61.0 Å². The second-order valence-electron chi connectivity index (χ2n) is 5.76. The van der Waals surface area contributed by atoms with Gasteiger partial charge in [0, 0.05) is 25.3 Å². The molecule has 1 aromatic heterocycles. The lowest BCUT2D eigenvalue weighted by Crippen LogP contribution is -2.27. The molecule has 0 spiro atoms. The first kappa shape index (κ1) is 16.3. The van der Waals surface area contributed by atoms with Gasteiger partial charge in [0.1, 0.15) is 11.8 Å². The lowest BCUT2D eigenvalue weighted by molar-refractivity contribution is 0.154. The Bertz CT molecular complexity index is 655. The highest BCUT2D eigenvalue weighted by Crippen LogP contribution is 2.18. The molecule has 0 aliphatic carbocycles. The second kappa shape index (κ2) is 7.26. The molecule has 4 nitrogen and oxygen atoms in total. The first-order chi connectivity index (χ1) is 10.5. The van der Waals surface area contributed by atoms with Crippen molar-refractivity contribution in [3.63, 3.8) is 0 Å². The van der Waals surface area contributed by atoms with Gasteiger partial charge in [-0.15, -0.1) is 0 Å². The van der Waals surface area contributed by atoms with Crippen LogP contribution in [-0.2, 0) is 13.6 Å². The number of aliphatic hydroxyl groups excluding tert-OH is 1. The first-order valence-electron chi connectivity index (χ1n) is 7.54. The van der Waals surface area contributed by atoms with E-state index in [4.69, 9.17) is 5.26 Å². The smallest absolute Gasteiger partial charge is 0.120 e. The fourth-order valence-corrected chi connectivity index (χ4v) is 2.56. The molecule has 4 heteroatoms. The van der Waals surface area contributed by atoms with Crippen molar-refractivity contribution in [1.82, 2.24) is 9.88 Å². The number of aromatic nitrogens is 1. The maximum atomic E-state index is 10.2. The first-order valence-corrected chi connectivity index (χ1v) is 7.54. The fraction of sp³-hybridized carbons (Fsp3) is 0.389. The van der Waals surface area contributed by atoms with Gasteiger partial charge in [-0.3, -0.25) is 0 Å². The van der Waals surface area contributed by atoms with Crippen LogP contribution in [0, 0.1) is 18.3 Å². The third-order valence-corrected chi connectivity index (χ3v) is 4.16. The van der Waals surface area contributed by atoms with Crippen LogP contribution in [0.2, 0.25) is 0 Å². The van der Waals surface area contributed by atoms with Crippen LogP contribution in [0.1, 0.15) is 42.0 Å². The molecule has 2 rings (SSSR count). The quantitative estimate of drug-likeness (QED) is 0.862. The van der Waals surface area contributed by atoms with Gasteiger partial charge >= 0.3 is 0 Å². The van der Waals surface area contributed by atoms with Crippen molar-refractivity contribution in [3.8, 4) is 6.07 Å². The molecule has 116 valence electrons. The molecule has 0 saturated carbocycles. The van der Waals surface area contributed by atoms with Crippen molar-refractivity contribution in [2.75, 3.05) is 0 Å². The van der Waals surface area contributed by atoms with Gasteiger partial charge in [0.15, 0.2) is 0 Å². The zero-order chi connectivity index (χ0) is 16.1. The molecule has 22 heavy (non-hydrogen) atoms. The minimum absolute atomic E-state index is 0.181. The van der Waals surface area contributed by atoms with Gasteiger partial charge in [0.25, 0.3) is 0 Å². The van der Waals surface area contributed by atoms with E-state index >= 15 is 0 Å². The standard InChI is InChI=1S/C18H23N3O/c1-13(9-18(22)15-7-5-4-6-8-15)20-12-16-10-17(11-19)21(3)14(16)2/h4-8,10,13,18,20,22H,9,12H2,1-3H3. The Hall–Kier alpha value is -2.09. The number of nitrogens with one attached hydrogen (secondary N) is 1. The van der Waals surface area contributed by atoms with E-state index < -0.39 is 6.10 Å². The molecular weight excluding hydrogens is 274 g/mol. The molecular formula is C18H23N3O. The minimum Gasteiger partial charge on any atom is -0.388 e. The molecule has 2 atom stereocenters. The Morgan fingerprint density at radius 2 is 2.00 bits per heavy atom. The molecule has 2 N–H and O–H groups in total. The van der Waals surface area contributed by atoms with E-state index in [-0.39, 0.29) is 6.04 Å². The lowest BCUT2D eigenvalue weighted by Gasteiger charge is -2.18. The normalized spacial score (nSPS) is 13.6. The number of hydrogen-bond acceptors (Lipinski definition) is 3. The van der Waals surface area contributed by atoms with Crippen LogP contribution in [0.15, 0.2) is 36.4 Å². The summed E-state index contributed by atoms with van der Waals surface area (Å²) in [5, 5.41) is 22.7. The van der Waals surface area contributed by atoms with Crippen LogP contribution in [0.4, 0.5) is 0 Å². The SMILES string of the molecule is Cc1c(CNC(C)CC(O)c2ccccc2)cc(C#N)n1C. The zero-order valence-electron chi connectivity index (χ0n) is 13.4. The largest absolute Gasteiger partial charge is 0.388 e.